The molecule has 8 heteroatoms. The summed E-state index contributed by atoms with van der Waals surface area (Å²) in [5.74, 6) is 0. The largest absolute Gasteiger partial charge is 0.267 e. The molecule has 150 valence electrons. The molecule has 0 spiro atoms. The van der Waals surface area contributed by atoms with Crippen LogP contribution in [0.25, 0.3) is 48.5 Å². The van der Waals surface area contributed by atoms with E-state index in [4.69, 9.17) is 5.14 Å². The van der Waals surface area contributed by atoms with Crippen molar-refractivity contribution >= 4 is 58.6 Å². The Kier molecular flexibility index (Phi) is 4.25. The van der Waals surface area contributed by atoms with E-state index in [0.717, 1.165) is 33.4 Å². The van der Waals surface area contributed by atoms with Crippen LogP contribution in [0.5, 0.6) is 0 Å². The van der Waals surface area contributed by atoms with Gasteiger partial charge in [-0.2, -0.15) is 0 Å². The molecule has 0 aliphatic rings. The van der Waals surface area contributed by atoms with Gasteiger partial charge in [0.05, 0.1) is 11.9 Å². The van der Waals surface area contributed by atoms with Crippen molar-refractivity contribution in [2.24, 2.45) is 5.14 Å². The van der Waals surface area contributed by atoms with E-state index in [1.54, 1.807) is 6.20 Å². The Morgan fingerprint density at radius 2 is 1.47 bits per heavy atom. The number of sulfonamides is 1. The van der Waals surface area contributed by atoms with Crippen LogP contribution in [0.3, 0.4) is 0 Å². The Bertz CT molecular complexity index is 1550. The van der Waals surface area contributed by atoms with Gasteiger partial charge in [-0.1, -0.05) is 67.6 Å². The topological polar surface area (TPSA) is 90.4 Å². The van der Waals surface area contributed by atoms with Gasteiger partial charge in [-0.05, 0) is 44.5 Å². The lowest BCUT2D eigenvalue weighted by molar-refractivity contribution is 0.595. The van der Waals surface area contributed by atoms with Gasteiger partial charge in [0.15, 0.2) is 0 Å². The van der Waals surface area contributed by atoms with Gasteiger partial charge in [-0.3, -0.25) is 0 Å². The second-order valence-corrected chi connectivity index (χ2v) is 9.47. The lowest BCUT2D eigenvalue weighted by Gasteiger charge is -2.11. The molecule has 0 fully saturated rings. The molecular formula is C22H18N4O2S2. The minimum atomic E-state index is -3.83. The molecule has 0 saturated carbocycles. The Morgan fingerprint density at radius 1 is 0.900 bits per heavy atom. The van der Waals surface area contributed by atoms with Gasteiger partial charge < -0.3 is 0 Å². The molecular weight excluding hydrogens is 416 g/mol. The van der Waals surface area contributed by atoms with E-state index < -0.39 is 10.0 Å². The molecule has 0 aliphatic carbocycles. The van der Waals surface area contributed by atoms with Crippen molar-refractivity contribution in [2.75, 3.05) is 0 Å². The first kappa shape index (κ1) is 18.9. The summed E-state index contributed by atoms with van der Waals surface area (Å²) in [5.41, 5.74) is 1.70. The molecule has 4 aromatic carbocycles. The molecule has 0 aliphatic heterocycles. The SMILES string of the molecule is CC.NS(=O)(=O)c1nn2cc(-c3cc4ccc5cccc6ccc(c3)c4c56)nc2s1. The summed E-state index contributed by atoms with van der Waals surface area (Å²) < 4.78 is 24.3. The predicted octanol–water partition coefficient (Wildman–Crippen LogP) is 5.03. The third-order valence-electron chi connectivity index (χ3n) is 5.03. The standard InChI is InChI=1S/C20H12N4O2S2.C2H6/c21-28(25,26)20-23-24-10-16(22-19(24)27-20)15-8-13-6-4-11-2-1-3-12-5-7-14(9-15)18(13)17(11)12;1-2/h1-10H,(H2,21,25,26);1-2H3. The summed E-state index contributed by atoms with van der Waals surface area (Å²) in [6, 6.07) is 19.1. The molecule has 2 heterocycles. The Balaban J connectivity index is 0.000000937. The van der Waals surface area contributed by atoms with Gasteiger partial charge in [-0.15, -0.1) is 5.10 Å². The van der Waals surface area contributed by atoms with Gasteiger partial charge in [0.1, 0.15) is 0 Å². The van der Waals surface area contributed by atoms with Crippen molar-refractivity contribution in [1.82, 2.24) is 14.6 Å². The van der Waals surface area contributed by atoms with Crippen LogP contribution in [-0.2, 0) is 10.0 Å². The first-order valence-corrected chi connectivity index (χ1v) is 11.9. The smallest absolute Gasteiger partial charge is 0.223 e. The molecule has 2 aromatic heterocycles. The molecule has 6 nitrogen and oxygen atoms in total. The van der Waals surface area contributed by atoms with Gasteiger partial charge in [0.2, 0.25) is 9.30 Å². The molecule has 2 N–H and O–H groups in total. The highest BCUT2D eigenvalue weighted by Gasteiger charge is 2.18. The van der Waals surface area contributed by atoms with E-state index in [2.05, 4.69) is 64.7 Å². The van der Waals surface area contributed by atoms with Crippen molar-refractivity contribution in [2.45, 2.75) is 18.2 Å². The van der Waals surface area contributed by atoms with E-state index in [0.29, 0.717) is 4.96 Å². The summed E-state index contributed by atoms with van der Waals surface area (Å²) in [6.45, 7) is 4.00. The van der Waals surface area contributed by atoms with Crippen LogP contribution in [0.2, 0.25) is 0 Å². The Labute approximate surface area is 177 Å². The quantitative estimate of drug-likeness (QED) is 0.387. The maximum Gasteiger partial charge on any atom is 0.267 e. The Morgan fingerprint density at radius 3 is 2.03 bits per heavy atom. The lowest BCUT2D eigenvalue weighted by Crippen LogP contribution is -2.12. The number of nitrogens with two attached hydrogens (primary N) is 1. The van der Waals surface area contributed by atoms with Gasteiger partial charge in [-0.25, -0.2) is 23.1 Å². The average molecular weight is 435 g/mol. The molecule has 0 atom stereocenters. The number of hydrogen-bond donors (Lipinski definition) is 1. The van der Waals surface area contributed by atoms with Gasteiger partial charge >= 0.3 is 0 Å². The number of aromatic nitrogens is 3. The first-order valence-electron chi connectivity index (χ1n) is 9.54. The van der Waals surface area contributed by atoms with Crippen LogP contribution in [0.15, 0.2) is 65.1 Å². The molecule has 0 bridgehead atoms. The van der Waals surface area contributed by atoms with Crippen LogP contribution in [0.1, 0.15) is 13.8 Å². The highest BCUT2D eigenvalue weighted by atomic mass is 32.2. The van der Waals surface area contributed by atoms with Crippen molar-refractivity contribution in [1.29, 1.82) is 0 Å². The van der Waals surface area contributed by atoms with Crippen molar-refractivity contribution < 1.29 is 8.42 Å². The minimum absolute atomic E-state index is 0.142. The van der Waals surface area contributed by atoms with Crippen LogP contribution >= 0.6 is 11.3 Å². The summed E-state index contributed by atoms with van der Waals surface area (Å²) in [5, 5.41) is 16.4. The maximum absolute atomic E-state index is 11.5. The normalized spacial score (nSPS) is 12.1. The lowest BCUT2D eigenvalue weighted by atomic mass is 9.92. The fourth-order valence-electron chi connectivity index (χ4n) is 3.84. The summed E-state index contributed by atoms with van der Waals surface area (Å²) in [6.07, 6.45) is 1.73. The summed E-state index contributed by atoms with van der Waals surface area (Å²) >= 11 is 0.958. The third kappa shape index (κ3) is 2.84. The molecule has 0 amide bonds. The molecule has 0 radical (unpaired) electrons. The number of imidazole rings is 1. The average Bonchev–Trinajstić information content (AvgIpc) is 3.33. The highest BCUT2D eigenvalue weighted by Crippen LogP contribution is 2.37. The van der Waals surface area contributed by atoms with E-state index in [1.165, 1.54) is 26.1 Å². The number of primary sulfonamides is 1. The summed E-state index contributed by atoms with van der Waals surface area (Å²) in [4.78, 5) is 5.04. The summed E-state index contributed by atoms with van der Waals surface area (Å²) in [7, 11) is -3.83. The molecule has 0 unspecified atom stereocenters. The second-order valence-electron chi connectivity index (χ2n) is 6.77. The van der Waals surface area contributed by atoms with E-state index >= 15 is 0 Å². The zero-order valence-electron chi connectivity index (χ0n) is 16.3. The van der Waals surface area contributed by atoms with Crippen LogP contribution in [0.4, 0.5) is 0 Å². The number of benzene rings is 4. The van der Waals surface area contributed by atoms with Crippen molar-refractivity contribution in [3.63, 3.8) is 0 Å². The predicted molar refractivity (Wildman–Crippen MR) is 123 cm³/mol. The maximum atomic E-state index is 11.5. The number of rotatable bonds is 2. The molecule has 30 heavy (non-hydrogen) atoms. The van der Waals surface area contributed by atoms with Crippen molar-refractivity contribution in [3.05, 3.63) is 60.8 Å². The van der Waals surface area contributed by atoms with Gasteiger partial charge in [0, 0.05) is 5.56 Å². The van der Waals surface area contributed by atoms with Gasteiger partial charge in [0.25, 0.3) is 10.0 Å². The zero-order valence-corrected chi connectivity index (χ0v) is 18.0. The van der Waals surface area contributed by atoms with E-state index in [1.807, 2.05) is 13.8 Å². The monoisotopic (exact) mass is 434 g/mol. The minimum Gasteiger partial charge on any atom is -0.223 e. The van der Waals surface area contributed by atoms with Crippen LogP contribution in [0, 0.1) is 0 Å². The highest BCUT2D eigenvalue weighted by molar-refractivity contribution is 7.91. The van der Waals surface area contributed by atoms with Crippen molar-refractivity contribution in [3.8, 4) is 11.3 Å². The molecule has 6 rings (SSSR count). The fourth-order valence-corrected chi connectivity index (χ4v) is 5.34. The first-order chi connectivity index (χ1) is 14.5. The van der Waals surface area contributed by atoms with Crippen LogP contribution < -0.4 is 5.14 Å². The number of fused-ring (bicyclic) bond motifs is 1. The van der Waals surface area contributed by atoms with Crippen LogP contribution in [-0.4, -0.2) is 23.0 Å². The second kappa shape index (κ2) is 6.73. The number of hydrogen-bond acceptors (Lipinski definition) is 5. The fraction of sp³-hybridized carbons (Fsp3) is 0.0909. The van der Waals surface area contributed by atoms with E-state index in [9.17, 15) is 8.42 Å². The number of nitrogens with zero attached hydrogens (tertiary/aromatic N) is 3. The molecule has 6 aromatic rings. The Hall–Kier alpha value is -3.07. The molecule has 0 saturated heterocycles. The third-order valence-corrected chi connectivity index (χ3v) is 7.26. The zero-order chi connectivity index (χ0) is 21.0. The van der Waals surface area contributed by atoms with E-state index in [-0.39, 0.29) is 4.34 Å².